The van der Waals surface area contributed by atoms with Gasteiger partial charge in [-0.25, -0.2) is 4.79 Å². The SMILES string of the molecule is CC(C)CNC(=O)CN(C)C(=O)[C@@H]1CC[C@H](C(=O)O)O1. The van der Waals surface area contributed by atoms with Crippen LogP contribution in [0.15, 0.2) is 0 Å². The molecule has 2 atom stereocenters. The summed E-state index contributed by atoms with van der Waals surface area (Å²) in [5.74, 6) is -1.30. The Labute approximate surface area is 118 Å². The third-order valence-electron chi connectivity index (χ3n) is 3.03. The lowest BCUT2D eigenvalue weighted by Crippen LogP contribution is -2.43. The molecule has 114 valence electrons. The Morgan fingerprint density at radius 1 is 1.30 bits per heavy atom. The number of carbonyl (C=O) groups is 3. The quantitative estimate of drug-likeness (QED) is 0.708. The molecule has 0 saturated carbocycles. The third-order valence-corrected chi connectivity index (χ3v) is 3.03. The van der Waals surface area contributed by atoms with Gasteiger partial charge in [0.15, 0.2) is 6.10 Å². The Morgan fingerprint density at radius 2 is 1.90 bits per heavy atom. The van der Waals surface area contributed by atoms with Gasteiger partial charge in [0.25, 0.3) is 5.91 Å². The van der Waals surface area contributed by atoms with Crippen LogP contribution in [0.2, 0.25) is 0 Å². The smallest absolute Gasteiger partial charge is 0.332 e. The van der Waals surface area contributed by atoms with E-state index in [0.29, 0.717) is 25.3 Å². The Balaban J connectivity index is 2.40. The Hall–Kier alpha value is -1.63. The number of amides is 2. The summed E-state index contributed by atoms with van der Waals surface area (Å²) in [5, 5.41) is 11.5. The zero-order chi connectivity index (χ0) is 15.3. The Morgan fingerprint density at radius 3 is 2.40 bits per heavy atom. The second-order valence-corrected chi connectivity index (χ2v) is 5.42. The first-order valence-corrected chi connectivity index (χ1v) is 6.71. The highest BCUT2D eigenvalue weighted by Gasteiger charge is 2.36. The maximum atomic E-state index is 12.0. The fourth-order valence-electron chi connectivity index (χ4n) is 1.91. The number of hydrogen-bond donors (Lipinski definition) is 2. The molecule has 0 aliphatic carbocycles. The molecule has 0 aromatic rings. The van der Waals surface area contributed by atoms with E-state index in [1.54, 1.807) is 0 Å². The van der Waals surface area contributed by atoms with Crippen LogP contribution in [0.4, 0.5) is 0 Å². The van der Waals surface area contributed by atoms with E-state index in [1.165, 1.54) is 11.9 Å². The summed E-state index contributed by atoms with van der Waals surface area (Å²) in [6, 6.07) is 0. The van der Waals surface area contributed by atoms with Crippen LogP contribution in [0.25, 0.3) is 0 Å². The molecule has 0 unspecified atom stereocenters. The normalized spacial score (nSPS) is 21.8. The molecular formula is C13H22N2O5. The summed E-state index contributed by atoms with van der Waals surface area (Å²) in [5.41, 5.74) is 0. The van der Waals surface area contributed by atoms with E-state index in [2.05, 4.69) is 5.32 Å². The molecule has 0 radical (unpaired) electrons. The predicted octanol–water partition coefficient (Wildman–Crippen LogP) is -0.151. The van der Waals surface area contributed by atoms with Gasteiger partial charge in [-0.3, -0.25) is 9.59 Å². The van der Waals surface area contributed by atoms with Crippen molar-refractivity contribution in [3.8, 4) is 0 Å². The lowest BCUT2D eigenvalue weighted by Gasteiger charge is -2.20. The van der Waals surface area contributed by atoms with Crippen molar-refractivity contribution in [3.63, 3.8) is 0 Å². The zero-order valence-electron chi connectivity index (χ0n) is 12.1. The van der Waals surface area contributed by atoms with Crippen LogP contribution in [0.3, 0.4) is 0 Å². The van der Waals surface area contributed by atoms with E-state index in [1.807, 2.05) is 13.8 Å². The molecule has 0 aromatic carbocycles. The number of nitrogens with zero attached hydrogens (tertiary/aromatic N) is 1. The maximum absolute atomic E-state index is 12.0. The predicted molar refractivity (Wildman–Crippen MR) is 71.0 cm³/mol. The molecule has 1 rings (SSSR count). The minimum absolute atomic E-state index is 0.0524. The number of carboxylic acid groups (broad SMARTS) is 1. The van der Waals surface area contributed by atoms with Crippen LogP contribution in [-0.4, -0.2) is 60.1 Å². The molecule has 7 heteroatoms. The van der Waals surface area contributed by atoms with Crippen molar-refractivity contribution in [1.82, 2.24) is 10.2 Å². The number of carboxylic acids is 1. The van der Waals surface area contributed by atoms with Gasteiger partial charge < -0.3 is 20.1 Å². The molecule has 1 saturated heterocycles. The largest absolute Gasteiger partial charge is 0.479 e. The van der Waals surface area contributed by atoms with Crippen LogP contribution in [0.1, 0.15) is 26.7 Å². The molecule has 0 spiro atoms. The topological polar surface area (TPSA) is 95.9 Å². The number of rotatable bonds is 6. The zero-order valence-corrected chi connectivity index (χ0v) is 12.1. The molecule has 1 fully saturated rings. The molecule has 7 nitrogen and oxygen atoms in total. The highest BCUT2D eigenvalue weighted by atomic mass is 16.5. The van der Waals surface area contributed by atoms with Crippen molar-refractivity contribution >= 4 is 17.8 Å². The summed E-state index contributed by atoms with van der Waals surface area (Å²) in [6.45, 7) is 4.46. The van der Waals surface area contributed by atoms with Crippen LogP contribution >= 0.6 is 0 Å². The monoisotopic (exact) mass is 286 g/mol. The number of carbonyl (C=O) groups excluding carboxylic acids is 2. The van der Waals surface area contributed by atoms with Gasteiger partial charge in [-0.1, -0.05) is 13.8 Å². The first-order chi connectivity index (χ1) is 9.31. The highest BCUT2D eigenvalue weighted by molar-refractivity contribution is 5.87. The van der Waals surface area contributed by atoms with E-state index < -0.39 is 18.2 Å². The maximum Gasteiger partial charge on any atom is 0.332 e. The van der Waals surface area contributed by atoms with Gasteiger partial charge in [0, 0.05) is 13.6 Å². The second kappa shape index (κ2) is 7.23. The minimum atomic E-state index is -1.06. The average Bonchev–Trinajstić information content (AvgIpc) is 2.85. The van der Waals surface area contributed by atoms with Gasteiger partial charge in [0.1, 0.15) is 6.10 Å². The summed E-state index contributed by atoms with van der Waals surface area (Å²) in [4.78, 5) is 35.6. The van der Waals surface area contributed by atoms with Crippen molar-refractivity contribution in [2.75, 3.05) is 20.1 Å². The molecule has 0 aromatic heterocycles. The minimum Gasteiger partial charge on any atom is -0.479 e. The first-order valence-electron chi connectivity index (χ1n) is 6.71. The van der Waals surface area contributed by atoms with Crippen molar-refractivity contribution in [2.45, 2.75) is 38.9 Å². The van der Waals surface area contributed by atoms with Crippen LogP contribution in [-0.2, 0) is 19.1 Å². The molecule has 20 heavy (non-hydrogen) atoms. The third kappa shape index (κ3) is 4.80. The van der Waals surface area contributed by atoms with Crippen molar-refractivity contribution < 1.29 is 24.2 Å². The first kappa shape index (κ1) is 16.4. The summed E-state index contributed by atoms with van der Waals surface area (Å²) in [6.07, 6.45) is -1.00. The number of hydrogen-bond acceptors (Lipinski definition) is 4. The molecule has 2 N–H and O–H groups in total. The van der Waals surface area contributed by atoms with Crippen molar-refractivity contribution in [1.29, 1.82) is 0 Å². The van der Waals surface area contributed by atoms with Crippen molar-refractivity contribution in [2.24, 2.45) is 5.92 Å². The molecule has 0 bridgehead atoms. The van der Waals surface area contributed by atoms with Gasteiger partial charge in [-0.15, -0.1) is 0 Å². The van der Waals surface area contributed by atoms with Gasteiger partial charge in [0.05, 0.1) is 6.54 Å². The molecular weight excluding hydrogens is 264 g/mol. The number of likely N-dealkylation sites (N-methyl/N-ethyl adjacent to an activating group) is 1. The fraction of sp³-hybridized carbons (Fsp3) is 0.769. The lowest BCUT2D eigenvalue weighted by molar-refractivity contribution is -0.155. The number of nitrogens with one attached hydrogen (secondary N) is 1. The number of ether oxygens (including phenoxy) is 1. The van der Waals surface area contributed by atoms with Gasteiger partial charge in [-0.05, 0) is 18.8 Å². The molecule has 1 heterocycles. The average molecular weight is 286 g/mol. The van der Waals surface area contributed by atoms with Crippen molar-refractivity contribution in [3.05, 3.63) is 0 Å². The van der Waals surface area contributed by atoms with E-state index in [9.17, 15) is 14.4 Å². The van der Waals surface area contributed by atoms with E-state index in [-0.39, 0.29) is 18.4 Å². The van der Waals surface area contributed by atoms with Gasteiger partial charge in [-0.2, -0.15) is 0 Å². The second-order valence-electron chi connectivity index (χ2n) is 5.42. The van der Waals surface area contributed by atoms with Gasteiger partial charge in [0.2, 0.25) is 5.91 Å². The van der Waals surface area contributed by atoms with Crippen LogP contribution in [0.5, 0.6) is 0 Å². The van der Waals surface area contributed by atoms with E-state index in [4.69, 9.17) is 9.84 Å². The Kier molecular flexibility index (Phi) is 5.94. The molecule has 2 amide bonds. The summed E-state index contributed by atoms with van der Waals surface area (Å²) >= 11 is 0. The van der Waals surface area contributed by atoms with E-state index in [0.717, 1.165) is 0 Å². The summed E-state index contributed by atoms with van der Waals surface area (Å²) < 4.78 is 5.16. The lowest BCUT2D eigenvalue weighted by atomic mass is 10.2. The summed E-state index contributed by atoms with van der Waals surface area (Å²) in [7, 11) is 1.51. The van der Waals surface area contributed by atoms with E-state index >= 15 is 0 Å². The van der Waals surface area contributed by atoms with Gasteiger partial charge >= 0.3 is 5.97 Å². The van der Waals surface area contributed by atoms with Crippen LogP contribution < -0.4 is 5.32 Å². The highest BCUT2D eigenvalue weighted by Crippen LogP contribution is 2.21. The Bertz CT molecular complexity index is 383. The molecule has 1 aliphatic heterocycles. The number of aliphatic carboxylic acids is 1. The van der Waals surface area contributed by atoms with Crippen LogP contribution in [0, 0.1) is 5.92 Å². The standard InChI is InChI=1S/C13H22N2O5/c1-8(2)6-14-11(16)7-15(3)12(17)9-4-5-10(20-9)13(18)19/h8-10H,4-7H2,1-3H3,(H,14,16)(H,18,19)/t9-,10+/m0/s1. The molecule has 1 aliphatic rings. The fourth-order valence-corrected chi connectivity index (χ4v) is 1.91.